The quantitative estimate of drug-likeness (QED) is 0.477. The van der Waals surface area contributed by atoms with Crippen molar-refractivity contribution in [2.24, 2.45) is 11.3 Å². The molecule has 102 valence electrons. The molecular formula is C16H38. The van der Waals surface area contributed by atoms with Crippen molar-refractivity contribution in [2.45, 2.75) is 94.4 Å². The zero-order valence-corrected chi connectivity index (χ0v) is 12.3. The summed E-state index contributed by atoms with van der Waals surface area (Å²) in [4.78, 5) is 0. The summed E-state index contributed by atoms with van der Waals surface area (Å²) in [5, 5.41) is 0. The molecule has 0 heteroatoms. The molecule has 0 spiro atoms. The number of hydrogen-bond donors (Lipinski definition) is 0. The van der Waals surface area contributed by atoms with Gasteiger partial charge in [0.2, 0.25) is 0 Å². The molecule has 0 heterocycles. The van der Waals surface area contributed by atoms with Gasteiger partial charge in [0.05, 0.1) is 0 Å². The fourth-order valence-electron chi connectivity index (χ4n) is 1.50. The van der Waals surface area contributed by atoms with Crippen LogP contribution in [0.15, 0.2) is 0 Å². The van der Waals surface area contributed by atoms with Crippen LogP contribution in [0.1, 0.15) is 94.4 Å². The third-order valence-corrected chi connectivity index (χ3v) is 3.95. The second-order valence-electron chi connectivity index (χ2n) is 5.19. The van der Waals surface area contributed by atoms with Gasteiger partial charge in [0, 0.05) is 0 Å². The van der Waals surface area contributed by atoms with E-state index in [0.717, 1.165) is 5.92 Å². The Labute approximate surface area is 106 Å². The molecule has 0 unspecified atom stereocenters. The predicted molar refractivity (Wildman–Crippen MR) is 80.1 cm³/mol. The molecule has 0 N–H and O–H groups in total. The lowest BCUT2D eigenvalue weighted by atomic mass is 9.81. The van der Waals surface area contributed by atoms with Gasteiger partial charge >= 0.3 is 0 Å². The van der Waals surface area contributed by atoms with Gasteiger partial charge in [-0.2, -0.15) is 0 Å². The van der Waals surface area contributed by atoms with E-state index in [1.807, 2.05) is 0 Å². The Bertz CT molecular complexity index is 107. The van der Waals surface area contributed by atoms with Crippen LogP contribution in [0.25, 0.3) is 0 Å². The van der Waals surface area contributed by atoms with Crippen LogP contribution < -0.4 is 0 Å². The molecule has 0 aromatic heterocycles. The van der Waals surface area contributed by atoms with E-state index in [2.05, 4.69) is 48.5 Å². The van der Waals surface area contributed by atoms with Crippen LogP contribution in [0.3, 0.4) is 0 Å². The van der Waals surface area contributed by atoms with E-state index in [1.54, 1.807) is 0 Å². The lowest BCUT2D eigenvalue weighted by Crippen LogP contribution is -2.12. The van der Waals surface area contributed by atoms with Gasteiger partial charge in [-0.1, -0.05) is 88.0 Å². The maximum atomic E-state index is 2.39. The van der Waals surface area contributed by atoms with Gasteiger partial charge in [-0.25, -0.2) is 0 Å². The molecule has 0 radical (unpaired) electrons. The standard InChI is InChI=1S/C9H20.C6H14.CH4/c1-5-8-9(4,6-2)7-3;1-4-6(3)5-2;/h5-8H2,1-4H3;6H,4-5H2,1-3H3;1H4. The topological polar surface area (TPSA) is 0 Å². The third-order valence-electron chi connectivity index (χ3n) is 3.95. The molecule has 0 bridgehead atoms. The van der Waals surface area contributed by atoms with Crippen LogP contribution in [0, 0.1) is 11.3 Å². The molecule has 0 saturated carbocycles. The lowest BCUT2D eigenvalue weighted by molar-refractivity contribution is 0.270. The second-order valence-corrected chi connectivity index (χ2v) is 5.19. The Morgan fingerprint density at radius 3 is 1.31 bits per heavy atom. The van der Waals surface area contributed by atoms with E-state index < -0.39 is 0 Å². The van der Waals surface area contributed by atoms with Gasteiger partial charge in [0.1, 0.15) is 0 Å². The molecule has 0 atom stereocenters. The van der Waals surface area contributed by atoms with Gasteiger partial charge in [-0.05, 0) is 17.8 Å². The fourth-order valence-corrected chi connectivity index (χ4v) is 1.50. The average Bonchev–Trinajstić information content (AvgIpc) is 2.29. The van der Waals surface area contributed by atoms with Crippen molar-refractivity contribution < 1.29 is 0 Å². The molecule has 0 aromatic rings. The second kappa shape index (κ2) is 13.1. The molecule has 0 aliphatic heterocycles. The van der Waals surface area contributed by atoms with Gasteiger partial charge < -0.3 is 0 Å². The average molecular weight is 230 g/mol. The summed E-state index contributed by atoms with van der Waals surface area (Å²) in [6.45, 7) is 16.0. The largest absolute Gasteiger partial charge is 0.0776 e. The highest BCUT2D eigenvalue weighted by Crippen LogP contribution is 2.30. The van der Waals surface area contributed by atoms with Crippen LogP contribution in [0.4, 0.5) is 0 Å². The summed E-state index contributed by atoms with van der Waals surface area (Å²) < 4.78 is 0. The Balaban J connectivity index is -0.000000214. The highest BCUT2D eigenvalue weighted by atomic mass is 14.2. The molecular weight excluding hydrogens is 192 g/mol. The predicted octanol–water partition coefficient (Wildman–Crippen LogP) is 6.69. The molecule has 0 amide bonds. The van der Waals surface area contributed by atoms with E-state index in [9.17, 15) is 0 Å². The van der Waals surface area contributed by atoms with Crippen molar-refractivity contribution >= 4 is 0 Å². The van der Waals surface area contributed by atoms with Gasteiger partial charge in [0.15, 0.2) is 0 Å². The summed E-state index contributed by atoms with van der Waals surface area (Å²) in [5.74, 6) is 0.935. The van der Waals surface area contributed by atoms with Crippen LogP contribution in [0.2, 0.25) is 0 Å². The fraction of sp³-hybridized carbons (Fsp3) is 1.00. The first-order valence-electron chi connectivity index (χ1n) is 6.99. The number of hydrogen-bond acceptors (Lipinski definition) is 0. The highest BCUT2D eigenvalue weighted by Gasteiger charge is 2.16. The Morgan fingerprint density at radius 2 is 1.25 bits per heavy atom. The van der Waals surface area contributed by atoms with Crippen LogP contribution in [-0.2, 0) is 0 Å². The Morgan fingerprint density at radius 1 is 0.875 bits per heavy atom. The van der Waals surface area contributed by atoms with E-state index >= 15 is 0 Å². The lowest BCUT2D eigenvalue weighted by Gasteiger charge is -2.25. The minimum atomic E-state index is 0. The van der Waals surface area contributed by atoms with Crippen molar-refractivity contribution in [3.63, 3.8) is 0 Å². The molecule has 16 heavy (non-hydrogen) atoms. The highest BCUT2D eigenvalue weighted by molar-refractivity contribution is 4.69. The van der Waals surface area contributed by atoms with Crippen molar-refractivity contribution in [3.05, 3.63) is 0 Å². The minimum Gasteiger partial charge on any atom is -0.0776 e. The van der Waals surface area contributed by atoms with E-state index in [-0.39, 0.29) is 7.43 Å². The summed E-state index contributed by atoms with van der Waals surface area (Å²) in [5.41, 5.74) is 0.634. The molecule has 0 saturated heterocycles. The minimum absolute atomic E-state index is 0. The molecule has 0 aliphatic carbocycles. The van der Waals surface area contributed by atoms with Crippen molar-refractivity contribution in [3.8, 4) is 0 Å². The molecule has 0 aliphatic rings. The first kappa shape index (κ1) is 21.3. The van der Waals surface area contributed by atoms with Crippen LogP contribution >= 0.6 is 0 Å². The maximum Gasteiger partial charge on any atom is -0.0331 e. The third kappa shape index (κ3) is 12.1. The zero-order valence-electron chi connectivity index (χ0n) is 12.3. The molecule has 0 nitrogen and oxygen atoms in total. The molecule has 0 fully saturated rings. The van der Waals surface area contributed by atoms with E-state index in [1.165, 1.54) is 38.5 Å². The normalized spacial score (nSPS) is 10.5. The van der Waals surface area contributed by atoms with Crippen molar-refractivity contribution in [2.75, 3.05) is 0 Å². The molecule has 0 aromatic carbocycles. The first-order valence-corrected chi connectivity index (χ1v) is 6.99. The summed E-state index contributed by atoms with van der Waals surface area (Å²) in [7, 11) is 0. The van der Waals surface area contributed by atoms with Crippen LogP contribution in [-0.4, -0.2) is 0 Å². The maximum absolute atomic E-state index is 2.39. The number of rotatable bonds is 6. The first-order chi connectivity index (χ1) is 6.99. The van der Waals surface area contributed by atoms with Crippen molar-refractivity contribution in [1.29, 1.82) is 0 Å². The Hall–Kier alpha value is 0. The van der Waals surface area contributed by atoms with Gasteiger partial charge in [-0.15, -0.1) is 0 Å². The van der Waals surface area contributed by atoms with Gasteiger partial charge in [-0.3, -0.25) is 0 Å². The summed E-state index contributed by atoms with van der Waals surface area (Å²) >= 11 is 0. The summed E-state index contributed by atoms with van der Waals surface area (Å²) in [6.07, 6.45) is 8.04. The van der Waals surface area contributed by atoms with E-state index in [0.29, 0.717) is 5.41 Å². The van der Waals surface area contributed by atoms with E-state index in [4.69, 9.17) is 0 Å². The molecule has 0 rings (SSSR count). The zero-order chi connectivity index (χ0) is 12.3. The summed E-state index contributed by atoms with van der Waals surface area (Å²) in [6, 6.07) is 0. The Kier molecular flexibility index (Phi) is 17.4. The monoisotopic (exact) mass is 230 g/mol. The SMILES string of the molecule is C.CCC(C)CC.CCCC(C)(CC)CC. The van der Waals surface area contributed by atoms with Crippen LogP contribution in [0.5, 0.6) is 0 Å². The van der Waals surface area contributed by atoms with Gasteiger partial charge in [0.25, 0.3) is 0 Å². The smallest absolute Gasteiger partial charge is 0.0331 e. The van der Waals surface area contributed by atoms with Crippen molar-refractivity contribution in [1.82, 2.24) is 0 Å².